The van der Waals surface area contributed by atoms with Gasteiger partial charge in [0.05, 0.1) is 6.04 Å². The maximum absolute atomic E-state index is 12.6. The van der Waals surface area contributed by atoms with E-state index in [1.165, 1.54) is 19.2 Å². The van der Waals surface area contributed by atoms with E-state index in [1.807, 2.05) is 4.90 Å². The first-order valence-electron chi connectivity index (χ1n) is 9.44. The highest BCUT2D eigenvalue weighted by molar-refractivity contribution is 5.80. The average Bonchev–Trinajstić information content (AvgIpc) is 3.29. The van der Waals surface area contributed by atoms with Crippen LogP contribution in [-0.4, -0.2) is 62.1 Å². The molecular weight excluding hydrogens is 318 g/mol. The van der Waals surface area contributed by atoms with Gasteiger partial charge < -0.3 is 9.80 Å². The lowest BCUT2D eigenvalue weighted by Crippen LogP contribution is -2.48. The number of hydrogen-bond donors (Lipinski definition) is 0. The number of carbonyl (C=O) groups excluding carboxylic acids is 2. The molecule has 1 aliphatic carbocycles. The predicted octanol–water partition coefficient (Wildman–Crippen LogP) is 1.55. The molecule has 7 heteroatoms. The minimum Gasteiger partial charge on any atom is -0.340 e. The van der Waals surface area contributed by atoms with E-state index in [9.17, 15) is 9.59 Å². The third kappa shape index (κ3) is 4.80. The minimum atomic E-state index is 0.134. The van der Waals surface area contributed by atoms with E-state index in [0.29, 0.717) is 44.3 Å². The topological polar surface area (TPSA) is 71.3 Å². The highest BCUT2D eigenvalue weighted by atomic mass is 16.2. The van der Waals surface area contributed by atoms with Crippen molar-refractivity contribution in [3.8, 4) is 0 Å². The molecule has 2 amide bonds. The Hall–Kier alpha value is -1.92. The van der Waals surface area contributed by atoms with Gasteiger partial charge in [0.15, 0.2) is 0 Å². The quantitative estimate of drug-likeness (QED) is 0.750. The molecule has 0 bridgehead atoms. The molecule has 0 radical (unpaired) electrons. The van der Waals surface area contributed by atoms with Crippen LogP contribution in [-0.2, 0) is 16.1 Å². The molecule has 3 rings (SSSR count). The molecular formula is C18H29N5O2. The molecule has 0 unspecified atom stereocenters. The Morgan fingerprint density at radius 2 is 2.16 bits per heavy atom. The van der Waals surface area contributed by atoms with E-state index < -0.39 is 0 Å². The molecule has 7 nitrogen and oxygen atoms in total. The normalized spacial score (nSPS) is 21.7. The van der Waals surface area contributed by atoms with Gasteiger partial charge in [0.2, 0.25) is 11.8 Å². The Balaban J connectivity index is 1.57. The van der Waals surface area contributed by atoms with Gasteiger partial charge in [0.25, 0.3) is 0 Å². The summed E-state index contributed by atoms with van der Waals surface area (Å²) in [6.45, 7) is 7.08. The summed E-state index contributed by atoms with van der Waals surface area (Å²) in [7, 11) is 0. The number of carbonyl (C=O) groups is 2. The zero-order valence-electron chi connectivity index (χ0n) is 15.3. The second-order valence-electron chi connectivity index (χ2n) is 7.65. The SMILES string of the molecule is CC(C)[C@H]1CN(C(=O)CCCn2cncn2)CCC(=O)N1CC1CC1. The fourth-order valence-corrected chi connectivity index (χ4v) is 3.49. The highest BCUT2D eigenvalue weighted by Crippen LogP contribution is 2.32. The van der Waals surface area contributed by atoms with Crippen LogP contribution >= 0.6 is 0 Å². The first kappa shape index (κ1) is 17.9. The van der Waals surface area contributed by atoms with E-state index in [0.717, 1.165) is 13.0 Å². The van der Waals surface area contributed by atoms with Gasteiger partial charge in [0.1, 0.15) is 12.7 Å². The molecule has 25 heavy (non-hydrogen) atoms. The van der Waals surface area contributed by atoms with Gasteiger partial charge in [-0.05, 0) is 31.1 Å². The summed E-state index contributed by atoms with van der Waals surface area (Å²) in [5, 5.41) is 4.06. The molecule has 2 heterocycles. The summed E-state index contributed by atoms with van der Waals surface area (Å²) in [6, 6.07) is 0.134. The summed E-state index contributed by atoms with van der Waals surface area (Å²) in [5.41, 5.74) is 0. The largest absolute Gasteiger partial charge is 0.340 e. The molecule has 1 saturated heterocycles. The summed E-state index contributed by atoms with van der Waals surface area (Å²) >= 11 is 0. The summed E-state index contributed by atoms with van der Waals surface area (Å²) in [5.74, 6) is 1.39. The first-order chi connectivity index (χ1) is 12.0. The lowest BCUT2D eigenvalue weighted by atomic mass is 10.0. The third-order valence-corrected chi connectivity index (χ3v) is 5.24. The van der Waals surface area contributed by atoms with Crippen LogP contribution in [0.15, 0.2) is 12.7 Å². The molecule has 1 aromatic heterocycles. The van der Waals surface area contributed by atoms with Gasteiger partial charge in [-0.15, -0.1) is 0 Å². The number of aromatic nitrogens is 3. The van der Waals surface area contributed by atoms with Gasteiger partial charge in [-0.25, -0.2) is 4.98 Å². The lowest BCUT2D eigenvalue weighted by molar-refractivity contribution is -0.134. The number of rotatable bonds is 7. The lowest BCUT2D eigenvalue weighted by Gasteiger charge is -2.34. The Labute approximate surface area is 149 Å². The fourth-order valence-electron chi connectivity index (χ4n) is 3.49. The van der Waals surface area contributed by atoms with Gasteiger partial charge in [-0.2, -0.15) is 5.10 Å². The van der Waals surface area contributed by atoms with Gasteiger partial charge in [-0.1, -0.05) is 13.8 Å². The molecule has 0 spiro atoms. The number of hydrogen-bond acceptors (Lipinski definition) is 4. The number of aryl methyl sites for hydroxylation is 1. The van der Waals surface area contributed by atoms with E-state index >= 15 is 0 Å². The molecule has 1 saturated carbocycles. The van der Waals surface area contributed by atoms with Crippen LogP contribution in [0.2, 0.25) is 0 Å². The Kier molecular flexibility index (Phi) is 5.71. The Morgan fingerprint density at radius 3 is 2.80 bits per heavy atom. The molecule has 1 aromatic rings. The second kappa shape index (κ2) is 7.97. The first-order valence-corrected chi connectivity index (χ1v) is 9.44. The van der Waals surface area contributed by atoms with E-state index in [2.05, 4.69) is 28.8 Å². The number of nitrogens with zero attached hydrogens (tertiary/aromatic N) is 5. The molecule has 0 N–H and O–H groups in total. The average molecular weight is 347 g/mol. The summed E-state index contributed by atoms with van der Waals surface area (Å²) in [6.07, 6.45) is 7.32. The van der Waals surface area contributed by atoms with Gasteiger partial charge >= 0.3 is 0 Å². The predicted molar refractivity (Wildman–Crippen MR) is 93.5 cm³/mol. The summed E-state index contributed by atoms with van der Waals surface area (Å²) in [4.78, 5) is 33.1. The zero-order chi connectivity index (χ0) is 17.8. The van der Waals surface area contributed by atoms with Crippen LogP contribution in [0.1, 0.15) is 46.0 Å². The monoisotopic (exact) mass is 347 g/mol. The standard InChI is InChI=1S/C18H29N5O2/c1-14(2)16-11-21(9-7-18(25)23(16)10-15-5-6-15)17(24)4-3-8-22-13-19-12-20-22/h12-16H,3-11H2,1-2H3/t16-/m1/s1. The van der Waals surface area contributed by atoms with Crippen LogP contribution in [0, 0.1) is 11.8 Å². The highest BCUT2D eigenvalue weighted by Gasteiger charge is 2.36. The molecule has 2 fully saturated rings. The number of amides is 2. The molecule has 1 atom stereocenters. The van der Waals surface area contributed by atoms with E-state index in [1.54, 1.807) is 11.0 Å². The Morgan fingerprint density at radius 1 is 1.36 bits per heavy atom. The smallest absolute Gasteiger partial charge is 0.224 e. The zero-order valence-corrected chi connectivity index (χ0v) is 15.3. The van der Waals surface area contributed by atoms with Crippen molar-refractivity contribution in [2.24, 2.45) is 11.8 Å². The van der Waals surface area contributed by atoms with Crippen molar-refractivity contribution in [2.45, 2.75) is 58.5 Å². The molecule has 138 valence electrons. The fraction of sp³-hybridized carbons (Fsp3) is 0.778. The van der Waals surface area contributed by atoms with Crippen LogP contribution in [0.25, 0.3) is 0 Å². The van der Waals surface area contributed by atoms with Crippen molar-refractivity contribution in [1.82, 2.24) is 24.6 Å². The van der Waals surface area contributed by atoms with Crippen LogP contribution < -0.4 is 0 Å². The molecule has 2 aliphatic rings. The van der Waals surface area contributed by atoms with E-state index in [-0.39, 0.29) is 17.9 Å². The van der Waals surface area contributed by atoms with Crippen molar-refractivity contribution in [3.63, 3.8) is 0 Å². The van der Waals surface area contributed by atoms with Crippen molar-refractivity contribution in [2.75, 3.05) is 19.6 Å². The van der Waals surface area contributed by atoms with Crippen molar-refractivity contribution < 1.29 is 9.59 Å². The molecule has 0 aromatic carbocycles. The van der Waals surface area contributed by atoms with Crippen molar-refractivity contribution in [3.05, 3.63) is 12.7 Å². The molecule has 1 aliphatic heterocycles. The van der Waals surface area contributed by atoms with Crippen LogP contribution in [0.4, 0.5) is 0 Å². The third-order valence-electron chi connectivity index (χ3n) is 5.24. The summed E-state index contributed by atoms with van der Waals surface area (Å²) < 4.78 is 1.74. The van der Waals surface area contributed by atoms with Crippen molar-refractivity contribution in [1.29, 1.82) is 0 Å². The minimum absolute atomic E-state index is 0.134. The maximum Gasteiger partial charge on any atom is 0.224 e. The van der Waals surface area contributed by atoms with Gasteiger partial charge in [-0.3, -0.25) is 14.3 Å². The van der Waals surface area contributed by atoms with Crippen molar-refractivity contribution >= 4 is 11.8 Å². The Bertz CT molecular complexity index is 582. The van der Waals surface area contributed by atoms with Crippen LogP contribution in [0.5, 0.6) is 0 Å². The van der Waals surface area contributed by atoms with Crippen LogP contribution in [0.3, 0.4) is 0 Å². The maximum atomic E-state index is 12.6. The van der Waals surface area contributed by atoms with E-state index in [4.69, 9.17) is 0 Å². The second-order valence-corrected chi connectivity index (χ2v) is 7.65. The van der Waals surface area contributed by atoms with Gasteiger partial charge in [0, 0.05) is 39.0 Å².